The Labute approximate surface area is 129 Å². The number of aliphatic imine (C=N–C) groups is 1. The molecule has 4 heteroatoms. The van der Waals surface area contributed by atoms with E-state index in [0.29, 0.717) is 0 Å². The Bertz CT molecular complexity index is 620. The lowest BCUT2D eigenvalue weighted by Gasteiger charge is -2.14. The molecule has 0 aromatic heterocycles. The number of methoxy groups -OCH3 is 1. The van der Waals surface area contributed by atoms with E-state index in [1.807, 2.05) is 12.1 Å². The summed E-state index contributed by atoms with van der Waals surface area (Å²) in [4.78, 5) is 6.95. The molecule has 108 valence electrons. The van der Waals surface area contributed by atoms with Crippen molar-refractivity contribution in [2.75, 3.05) is 20.2 Å². The second kappa shape index (κ2) is 6.68. The monoisotopic (exact) mass is 298 g/mol. The van der Waals surface area contributed by atoms with Crippen LogP contribution >= 0.6 is 11.8 Å². The smallest absolute Gasteiger partial charge is 0.128 e. The van der Waals surface area contributed by atoms with Gasteiger partial charge in [0, 0.05) is 28.4 Å². The third-order valence-electron chi connectivity index (χ3n) is 3.32. The van der Waals surface area contributed by atoms with Crippen molar-refractivity contribution in [2.45, 2.75) is 16.2 Å². The summed E-state index contributed by atoms with van der Waals surface area (Å²) in [5.41, 5.74) is 1.16. The van der Waals surface area contributed by atoms with Crippen molar-refractivity contribution in [1.29, 1.82) is 0 Å². The minimum absolute atomic E-state index is 0.885. The summed E-state index contributed by atoms with van der Waals surface area (Å²) in [7, 11) is 1.68. The standard InChI is InChI=1S/C17H18N2OS/c1-20-14-5-9-16(10-6-14)21-15-7-3-13(4-8-15)17-18-11-2-12-19-17/h3-10H,2,11-12H2,1H3,(H,18,19). The van der Waals surface area contributed by atoms with E-state index >= 15 is 0 Å². The van der Waals surface area contributed by atoms with Crippen LogP contribution in [0.15, 0.2) is 63.3 Å². The number of nitrogens with one attached hydrogen (secondary N) is 1. The normalized spacial score (nSPS) is 14.2. The van der Waals surface area contributed by atoms with Crippen molar-refractivity contribution in [3.63, 3.8) is 0 Å². The second-order valence-electron chi connectivity index (χ2n) is 4.81. The van der Waals surface area contributed by atoms with Crippen LogP contribution in [0.1, 0.15) is 12.0 Å². The molecule has 0 saturated heterocycles. The predicted molar refractivity (Wildman–Crippen MR) is 87.6 cm³/mol. The highest BCUT2D eigenvalue weighted by atomic mass is 32.2. The van der Waals surface area contributed by atoms with E-state index in [1.165, 1.54) is 9.79 Å². The molecule has 2 aromatic rings. The number of benzene rings is 2. The van der Waals surface area contributed by atoms with Gasteiger partial charge in [-0.05, 0) is 42.8 Å². The van der Waals surface area contributed by atoms with Gasteiger partial charge in [0.05, 0.1) is 7.11 Å². The maximum Gasteiger partial charge on any atom is 0.128 e. The first kappa shape index (κ1) is 14.0. The Balaban J connectivity index is 1.70. The van der Waals surface area contributed by atoms with Crippen molar-refractivity contribution >= 4 is 17.6 Å². The third kappa shape index (κ3) is 3.58. The molecule has 1 aliphatic rings. The van der Waals surface area contributed by atoms with E-state index in [9.17, 15) is 0 Å². The lowest BCUT2D eigenvalue weighted by Crippen LogP contribution is -2.30. The van der Waals surface area contributed by atoms with Gasteiger partial charge in [0.2, 0.25) is 0 Å². The average Bonchev–Trinajstić information content (AvgIpc) is 2.57. The van der Waals surface area contributed by atoms with Crippen LogP contribution in [0, 0.1) is 0 Å². The zero-order valence-corrected chi connectivity index (χ0v) is 12.8. The van der Waals surface area contributed by atoms with Crippen molar-refractivity contribution in [3.05, 3.63) is 54.1 Å². The quantitative estimate of drug-likeness (QED) is 0.936. The number of hydrogen-bond acceptors (Lipinski definition) is 4. The van der Waals surface area contributed by atoms with Crippen LogP contribution in [0.5, 0.6) is 5.75 Å². The molecule has 0 amide bonds. The molecular formula is C17H18N2OS. The third-order valence-corrected chi connectivity index (χ3v) is 4.34. The predicted octanol–water partition coefficient (Wildman–Crippen LogP) is 3.59. The lowest BCUT2D eigenvalue weighted by atomic mass is 10.2. The summed E-state index contributed by atoms with van der Waals surface area (Å²) in [6.45, 7) is 1.94. The van der Waals surface area contributed by atoms with Crippen molar-refractivity contribution in [3.8, 4) is 5.75 Å². The van der Waals surface area contributed by atoms with Crippen molar-refractivity contribution < 1.29 is 4.74 Å². The van der Waals surface area contributed by atoms with Crippen LogP contribution in [-0.2, 0) is 0 Å². The van der Waals surface area contributed by atoms with E-state index in [0.717, 1.165) is 36.7 Å². The highest BCUT2D eigenvalue weighted by Gasteiger charge is 2.07. The minimum atomic E-state index is 0.885. The molecule has 0 fully saturated rings. The number of amidine groups is 1. The Hall–Kier alpha value is -1.94. The Morgan fingerprint density at radius 2 is 1.67 bits per heavy atom. The maximum absolute atomic E-state index is 5.17. The van der Waals surface area contributed by atoms with Gasteiger partial charge >= 0.3 is 0 Å². The van der Waals surface area contributed by atoms with Gasteiger partial charge in [0.15, 0.2) is 0 Å². The summed E-state index contributed by atoms with van der Waals surface area (Å²) in [6.07, 6.45) is 1.12. The SMILES string of the molecule is COc1ccc(Sc2ccc(C3=NCCCN3)cc2)cc1. The van der Waals surface area contributed by atoms with Crippen LogP contribution in [0.4, 0.5) is 0 Å². The van der Waals surface area contributed by atoms with Gasteiger partial charge in [-0.15, -0.1) is 0 Å². The molecule has 2 aromatic carbocycles. The zero-order valence-electron chi connectivity index (χ0n) is 12.0. The molecule has 21 heavy (non-hydrogen) atoms. The van der Waals surface area contributed by atoms with Crippen molar-refractivity contribution in [2.24, 2.45) is 4.99 Å². The first-order valence-corrected chi connectivity index (χ1v) is 7.87. The molecule has 1 N–H and O–H groups in total. The highest BCUT2D eigenvalue weighted by Crippen LogP contribution is 2.29. The molecule has 0 bridgehead atoms. The first-order valence-electron chi connectivity index (χ1n) is 7.06. The molecule has 1 heterocycles. The lowest BCUT2D eigenvalue weighted by molar-refractivity contribution is 0.414. The van der Waals surface area contributed by atoms with E-state index in [2.05, 4.69) is 46.7 Å². The Morgan fingerprint density at radius 3 is 2.24 bits per heavy atom. The van der Waals surface area contributed by atoms with Crippen LogP contribution in [0.2, 0.25) is 0 Å². The molecule has 0 unspecified atom stereocenters. The number of ether oxygens (including phenoxy) is 1. The van der Waals surface area contributed by atoms with Gasteiger partial charge in [0.1, 0.15) is 11.6 Å². The molecule has 0 aliphatic carbocycles. The van der Waals surface area contributed by atoms with Gasteiger partial charge in [0.25, 0.3) is 0 Å². The average molecular weight is 298 g/mol. The maximum atomic E-state index is 5.17. The first-order chi connectivity index (χ1) is 10.3. The Morgan fingerprint density at radius 1 is 1.00 bits per heavy atom. The Kier molecular flexibility index (Phi) is 4.46. The highest BCUT2D eigenvalue weighted by molar-refractivity contribution is 7.99. The van der Waals surface area contributed by atoms with Crippen LogP contribution in [0.25, 0.3) is 0 Å². The molecule has 0 atom stereocenters. The fourth-order valence-electron chi connectivity index (χ4n) is 2.19. The molecular weight excluding hydrogens is 280 g/mol. The van der Waals surface area contributed by atoms with Gasteiger partial charge in [-0.1, -0.05) is 23.9 Å². The fourth-order valence-corrected chi connectivity index (χ4v) is 3.00. The summed E-state index contributed by atoms with van der Waals surface area (Å²) < 4.78 is 5.17. The summed E-state index contributed by atoms with van der Waals surface area (Å²) >= 11 is 1.75. The summed E-state index contributed by atoms with van der Waals surface area (Å²) in [5, 5.41) is 3.35. The minimum Gasteiger partial charge on any atom is -0.497 e. The molecule has 3 rings (SSSR count). The molecule has 0 spiro atoms. The molecule has 1 aliphatic heterocycles. The largest absolute Gasteiger partial charge is 0.497 e. The van der Waals surface area contributed by atoms with E-state index in [1.54, 1.807) is 18.9 Å². The van der Waals surface area contributed by atoms with Gasteiger partial charge in [-0.2, -0.15) is 0 Å². The summed E-state index contributed by atoms with van der Waals surface area (Å²) in [6, 6.07) is 16.7. The number of nitrogens with zero attached hydrogens (tertiary/aromatic N) is 1. The van der Waals surface area contributed by atoms with E-state index in [-0.39, 0.29) is 0 Å². The van der Waals surface area contributed by atoms with Crippen LogP contribution < -0.4 is 10.1 Å². The number of rotatable bonds is 4. The van der Waals surface area contributed by atoms with E-state index < -0.39 is 0 Å². The topological polar surface area (TPSA) is 33.6 Å². The van der Waals surface area contributed by atoms with Gasteiger partial charge < -0.3 is 10.1 Å². The summed E-state index contributed by atoms with van der Waals surface area (Å²) in [5.74, 6) is 1.90. The van der Waals surface area contributed by atoms with Gasteiger partial charge in [-0.3, -0.25) is 4.99 Å². The molecule has 3 nitrogen and oxygen atoms in total. The van der Waals surface area contributed by atoms with Crippen molar-refractivity contribution in [1.82, 2.24) is 5.32 Å². The molecule has 0 radical (unpaired) electrons. The van der Waals surface area contributed by atoms with E-state index in [4.69, 9.17) is 4.74 Å². The van der Waals surface area contributed by atoms with Crippen LogP contribution in [-0.4, -0.2) is 26.0 Å². The fraction of sp³-hybridized carbons (Fsp3) is 0.235. The van der Waals surface area contributed by atoms with Crippen LogP contribution in [0.3, 0.4) is 0 Å². The zero-order chi connectivity index (χ0) is 14.5. The second-order valence-corrected chi connectivity index (χ2v) is 5.96. The van der Waals surface area contributed by atoms with Gasteiger partial charge in [-0.25, -0.2) is 0 Å². The molecule has 0 saturated carbocycles. The number of hydrogen-bond donors (Lipinski definition) is 1.